The molecule has 5 atom stereocenters. The van der Waals surface area contributed by atoms with Gasteiger partial charge in [-0.05, 0) is 37.5 Å². The largest absolute Gasteiger partial charge is 0.522 e. The van der Waals surface area contributed by atoms with E-state index in [1.165, 1.54) is 4.90 Å². The fourth-order valence-electron chi connectivity index (χ4n) is 4.22. The Bertz CT molecular complexity index is 745. The lowest BCUT2D eigenvalue weighted by Crippen LogP contribution is -2.53. The van der Waals surface area contributed by atoms with Gasteiger partial charge in [0.05, 0.1) is 6.04 Å². The monoisotopic (exact) mass is 479 g/mol. The first-order valence-electron chi connectivity index (χ1n) is 11.1. The van der Waals surface area contributed by atoms with Gasteiger partial charge in [0, 0.05) is 19.0 Å². The highest BCUT2D eigenvalue weighted by Crippen LogP contribution is 2.26. The number of carbonyl (C=O) groups excluding carboxylic acids is 4. The summed E-state index contributed by atoms with van der Waals surface area (Å²) in [6.45, 7) is 4.79. The van der Waals surface area contributed by atoms with Crippen LogP contribution < -0.4 is 10.6 Å². The van der Waals surface area contributed by atoms with E-state index in [0.29, 0.717) is 13.0 Å². The van der Waals surface area contributed by atoms with Crippen molar-refractivity contribution in [2.45, 2.75) is 71.0 Å². The molecule has 0 saturated carbocycles. The molecule has 12 heteroatoms. The summed E-state index contributed by atoms with van der Waals surface area (Å²) >= 11 is 0. The van der Waals surface area contributed by atoms with Crippen molar-refractivity contribution in [2.75, 3.05) is 19.7 Å². The summed E-state index contributed by atoms with van der Waals surface area (Å²) in [6.07, 6.45) is -5.62. The molecule has 2 heterocycles. The minimum atomic E-state index is -5.02. The zero-order valence-corrected chi connectivity index (χ0v) is 19.0. The first-order chi connectivity index (χ1) is 15.3. The van der Waals surface area contributed by atoms with Crippen LogP contribution in [0.25, 0.3) is 0 Å². The van der Waals surface area contributed by atoms with Crippen LogP contribution >= 0.6 is 0 Å². The normalized spacial score (nSPS) is 25.2. The van der Waals surface area contributed by atoms with Gasteiger partial charge in [0.1, 0.15) is 18.8 Å². The van der Waals surface area contributed by atoms with Gasteiger partial charge in [-0.1, -0.05) is 20.8 Å². The number of carbonyl (C=O) groups is 4. The molecular formula is C21H32F3N3O6. The number of hydrogen-bond donors (Lipinski definition) is 3. The summed E-state index contributed by atoms with van der Waals surface area (Å²) in [6, 6.07) is -2.37. The van der Waals surface area contributed by atoms with Gasteiger partial charge in [0.15, 0.2) is 5.78 Å². The van der Waals surface area contributed by atoms with Crippen LogP contribution in [-0.2, 0) is 23.9 Å². The van der Waals surface area contributed by atoms with E-state index in [1.54, 1.807) is 0 Å². The third-order valence-corrected chi connectivity index (χ3v) is 5.84. The number of ketones is 1. The highest BCUT2D eigenvalue weighted by molar-refractivity contribution is 5.94. The Kier molecular flexibility index (Phi) is 9.24. The van der Waals surface area contributed by atoms with Crippen LogP contribution in [0.5, 0.6) is 0 Å². The summed E-state index contributed by atoms with van der Waals surface area (Å²) < 4.78 is 40.8. The van der Waals surface area contributed by atoms with E-state index in [2.05, 4.69) is 15.4 Å². The molecule has 0 radical (unpaired) electrons. The molecule has 9 nitrogen and oxygen atoms in total. The van der Waals surface area contributed by atoms with Gasteiger partial charge in [-0.25, -0.2) is 0 Å². The smallest absolute Gasteiger partial charge is 0.383 e. The van der Waals surface area contributed by atoms with Crippen LogP contribution in [-0.4, -0.2) is 77.8 Å². The van der Waals surface area contributed by atoms with Crippen LogP contribution in [0.4, 0.5) is 13.2 Å². The Hall–Kier alpha value is -2.21. The number of rotatable bonds is 10. The molecule has 0 aromatic carbocycles. The number of alkyl halides is 3. The molecule has 2 rings (SSSR count). The Balaban J connectivity index is 2.13. The Morgan fingerprint density at radius 3 is 2.52 bits per heavy atom. The summed E-state index contributed by atoms with van der Waals surface area (Å²) in [5.41, 5.74) is 0. The molecule has 188 valence electrons. The van der Waals surface area contributed by atoms with Crippen LogP contribution in [0, 0.1) is 17.8 Å². The third kappa shape index (κ3) is 7.95. The van der Waals surface area contributed by atoms with Gasteiger partial charge in [-0.3, -0.25) is 23.9 Å². The van der Waals surface area contributed by atoms with Crippen LogP contribution in [0.2, 0.25) is 0 Å². The number of nitrogens with one attached hydrogen (secondary N) is 2. The van der Waals surface area contributed by atoms with Crippen molar-refractivity contribution >= 4 is 23.5 Å². The van der Waals surface area contributed by atoms with Crippen molar-refractivity contribution < 1.29 is 42.2 Å². The van der Waals surface area contributed by atoms with Crippen LogP contribution in [0.15, 0.2) is 0 Å². The van der Waals surface area contributed by atoms with Crippen molar-refractivity contribution in [1.29, 1.82) is 0 Å². The second-order valence-electron chi connectivity index (χ2n) is 9.27. The van der Waals surface area contributed by atoms with Gasteiger partial charge < -0.3 is 20.6 Å². The van der Waals surface area contributed by atoms with Gasteiger partial charge >= 0.3 is 6.36 Å². The number of hydrogen-bond acceptors (Lipinski definition) is 6. The van der Waals surface area contributed by atoms with Crippen molar-refractivity contribution in [3.05, 3.63) is 0 Å². The number of nitrogens with zero attached hydrogens (tertiary/aromatic N) is 1. The Morgan fingerprint density at radius 1 is 1.30 bits per heavy atom. The third-order valence-electron chi connectivity index (χ3n) is 5.84. The molecule has 2 aliphatic rings. The molecule has 2 saturated heterocycles. The highest BCUT2D eigenvalue weighted by Gasteiger charge is 2.42. The van der Waals surface area contributed by atoms with E-state index in [-0.39, 0.29) is 43.6 Å². The van der Waals surface area contributed by atoms with E-state index in [9.17, 15) is 37.5 Å². The predicted octanol–water partition coefficient (Wildman–Crippen LogP) is 0.747. The molecule has 2 fully saturated rings. The summed E-state index contributed by atoms with van der Waals surface area (Å²) in [7, 11) is 0. The maximum Gasteiger partial charge on any atom is 0.522 e. The second-order valence-corrected chi connectivity index (χ2v) is 9.27. The zero-order valence-electron chi connectivity index (χ0n) is 19.0. The Labute approximate surface area is 190 Å². The lowest BCUT2D eigenvalue weighted by Gasteiger charge is -2.28. The van der Waals surface area contributed by atoms with Gasteiger partial charge in [-0.15, -0.1) is 13.2 Å². The standard InChI is InChI=1S/C21H32F3N3O6/c1-11(2)6-16(28)20(32)27-9-12(3)7-15(27)19(31)26-14(8-13-4-5-25-18(13)30)17(29)10-33-21(22,23)24/h11-16,28H,4-10H2,1-3H3,(H,25,30)(H,26,31)/t12-,13+,14+,15+,16-/m1/s1. The topological polar surface area (TPSA) is 125 Å². The maximum atomic E-state index is 13.0. The summed E-state index contributed by atoms with van der Waals surface area (Å²) in [4.78, 5) is 51.4. The van der Waals surface area contributed by atoms with E-state index in [1.807, 2.05) is 20.8 Å². The molecule has 0 aromatic heterocycles. The van der Waals surface area contributed by atoms with Gasteiger partial charge in [-0.2, -0.15) is 0 Å². The first kappa shape index (κ1) is 27.0. The number of aliphatic hydroxyl groups excluding tert-OH is 1. The number of ether oxygens (including phenoxy) is 1. The molecule has 0 unspecified atom stereocenters. The number of aliphatic hydroxyl groups is 1. The van der Waals surface area contributed by atoms with Gasteiger partial charge in [0.25, 0.3) is 5.91 Å². The second kappa shape index (κ2) is 11.3. The van der Waals surface area contributed by atoms with Crippen molar-refractivity contribution in [2.24, 2.45) is 17.8 Å². The molecule has 3 amide bonds. The average Bonchev–Trinajstić information content (AvgIpc) is 3.29. The molecule has 33 heavy (non-hydrogen) atoms. The van der Waals surface area contributed by atoms with Crippen molar-refractivity contribution in [3.8, 4) is 0 Å². The number of Topliss-reactive ketones (excluding diaryl/α,β-unsaturated/α-hetero) is 1. The predicted molar refractivity (Wildman–Crippen MR) is 109 cm³/mol. The molecule has 2 aliphatic heterocycles. The molecule has 0 bridgehead atoms. The van der Waals surface area contributed by atoms with E-state index < -0.39 is 54.7 Å². The quantitative estimate of drug-likeness (QED) is 0.425. The van der Waals surface area contributed by atoms with E-state index in [4.69, 9.17) is 0 Å². The minimum Gasteiger partial charge on any atom is -0.383 e. The average molecular weight is 479 g/mol. The van der Waals surface area contributed by atoms with E-state index in [0.717, 1.165) is 0 Å². The Morgan fingerprint density at radius 2 is 1.97 bits per heavy atom. The summed E-state index contributed by atoms with van der Waals surface area (Å²) in [5.74, 6) is -3.34. The molecular weight excluding hydrogens is 447 g/mol. The fraction of sp³-hybridized carbons (Fsp3) is 0.810. The fourth-order valence-corrected chi connectivity index (χ4v) is 4.22. The highest BCUT2D eigenvalue weighted by atomic mass is 19.4. The lowest BCUT2D eigenvalue weighted by molar-refractivity contribution is -0.321. The van der Waals surface area contributed by atoms with Gasteiger partial charge in [0.2, 0.25) is 11.8 Å². The molecule has 0 spiro atoms. The number of halogens is 3. The maximum absolute atomic E-state index is 13.0. The molecule has 0 aliphatic carbocycles. The number of amides is 3. The van der Waals surface area contributed by atoms with E-state index >= 15 is 0 Å². The first-order valence-corrected chi connectivity index (χ1v) is 11.1. The lowest BCUT2D eigenvalue weighted by atomic mass is 9.95. The molecule has 0 aromatic rings. The number of likely N-dealkylation sites (tertiary alicyclic amines) is 1. The van der Waals surface area contributed by atoms with Crippen LogP contribution in [0.1, 0.15) is 46.5 Å². The SMILES string of the molecule is CC(C)C[C@@H](O)C(=O)N1C[C@H](C)C[C@H]1C(=O)N[C@@H](C[C@@H]1CCNC1=O)C(=O)COC(F)(F)F. The van der Waals surface area contributed by atoms with Crippen molar-refractivity contribution in [3.63, 3.8) is 0 Å². The van der Waals surface area contributed by atoms with Crippen LogP contribution in [0.3, 0.4) is 0 Å². The van der Waals surface area contributed by atoms with Crippen molar-refractivity contribution in [1.82, 2.24) is 15.5 Å². The molecule has 3 N–H and O–H groups in total. The zero-order chi connectivity index (χ0) is 24.9. The summed E-state index contributed by atoms with van der Waals surface area (Å²) in [5, 5.41) is 15.2. The minimum absolute atomic E-state index is 0.0458.